The van der Waals surface area contributed by atoms with Crippen LogP contribution in [0.5, 0.6) is 0 Å². The van der Waals surface area contributed by atoms with Crippen LogP contribution in [0, 0.1) is 0 Å². The first-order chi connectivity index (χ1) is 14.1. The van der Waals surface area contributed by atoms with Crippen LogP contribution in [0.2, 0.25) is 0 Å². The smallest absolute Gasteiger partial charge is 0.325 e. The Morgan fingerprint density at radius 3 is 2.86 bits per heavy atom. The molecule has 3 N–H and O–H groups in total. The first kappa shape index (κ1) is 18.8. The fourth-order valence-corrected chi connectivity index (χ4v) is 3.52. The van der Waals surface area contributed by atoms with Crippen molar-refractivity contribution in [2.75, 3.05) is 6.54 Å². The number of carbonyl (C=O) groups excluding carboxylic acids is 3. The zero-order valence-corrected chi connectivity index (χ0v) is 15.8. The summed E-state index contributed by atoms with van der Waals surface area (Å²) < 4.78 is 5.19. The molecule has 1 aliphatic rings. The van der Waals surface area contributed by atoms with Crippen molar-refractivity contribution in [3.8, 4) is 0 Å². The third-order valence-electron chi connectivity index (χ3n) is 5.05. The van der Waals surface area contributed by atoms with E-state index in [9.17, 15) is 14.4 Å². The third kappa shape index (κ3) is 4.16. The maximum absolute atomic E-state index is 12.4. The van der Waals surface area contributed by atoms with Crippen molar-refractivity contribution in [1.82, 2.24) is 20.5 Å². The lowest BCUT2D eigenvalue weighted by molar-refractivity contribution is -0.128. The van der Waals surface area contributed by atoms with E-state index >= 15 is 0 Å². The number of carbonyl (C=O) groups is 3. The molecule has 0 spiro atoms. The number of nitrogens with zero attached hydrogens (tertiary/aromatic N) is 1. The Hall–Kier alpha value is -3.55. The van der Waals surface area contributed by atoms with Crippen LogP contribution in [0.25, 0.3) is 10.9 Å². The number of imide groups is 1. The lowest BCUT2D eigenvalue weighted by Crippen LogP contribution is -2.33. The van der Waals surface area contributed by atoms with E-state index in [1.54, 1.807) is 12.1 Å². The Labute approximate surface area is 167 Å². The summed E-state index contributed by atoms with van der Waals surface area (Å²) in [7, 11) is 0. The van der Waals surface area contributed by atoms with E-state index in [1.807, 2.05) is 30.5 Å². The molecule has 8 heteroatoms. The van der Waals surface area contributed by atoms with Crippen molar-refractivity contribution < 1.29 is 18.8 Å². The second-order valence-electron chi connectivity index (χ2n) is 7.00. The maximum Gasteiger partial charge on any atom is 0.325 e. The number of furan rings is 1. The second kappa shape index (κ2) is 8.22. The monoisotopic (exact) mass is 394 g/mol. The second-order valence-corrected chi connectivity index (χ2v) is 7.00. The summed E-state index contributed by atoms with van der Waals surface area (Å²) in [6.07, 6.45) is 4.59. The van der Waals surface area contributed by atoms with Crippen molar-refractivity contribution in [3.63, 3.8) is 0 Å². The van der Waals surface area contributed by atoms with E-state index < -0.39 is 12.1 Å². The zero-order valence-electron chi connectivity index (χ0n) is 15.8. The molecule has 29 heavy (non-hydrogen) atoms. The predicted octanol–water partition coefficient (Wildman–Crippen LogP) is 2.32. The van der Waals surface area contributed by atoms with Gasteiger partial charge in [0.15, 0.2) is 0 Å². The van der Waals surface area contributed by atoms with Gasteiger partial charge in [0.1, 0.15) is 11.8 Å². The minimum Gasteiger partial charge on any atom is -0.467 e. The maximum atomic E-state index is 12.4. The predicted molar refractivity (Wildman–Crippen MR) is 106 cm³/mol. The average molecular weight is 394 g/mol. The van der Waals surface area contributed by atoms with Gasteiger partial charge in [0.2, 0.25) is 5.91 Å². The molecular weight excluding hydrogens is 372 g/mol. The Balaban J connectivity index is 1.22. The summed E-state index contributed by atoms with van der Waals surface area (Å²) >= 11 is 0. The highest BCUT2D eigenvalue weighted by Gasteiger charge is 2.38. The van der Waals surface area contributed by atoms with Crippen molar-refractivity contribution in [2.45, 2.75) is 31.8 Å². The molecule has 1 aliphatic heterocycles. The van der Waals surface area contributed by atoms with E-state index in [-0.39, 0.29) is 31.2 Å². The van der Waals surface area contributed by atoms with E-state index in [1.165, 1.54) is 6.26 Å². The molecule has 2 aromatic heterocycles. The number of urea groups is 1. The largest absolute Gasteiger partial charge is 0.467 e. The van der Waals surface area contributed by atoms with Gasteiger partial charge in [-0.15, -0.1) is 0 Å². The third-order valence-corrected chi connectivity index (χ3v) is 5.05. The van der Waals surface area contributed by atoms with Crippen molar-refractivity contribution in [3.05, 3.63) is 60.2 Å². The number of aromatic nitrogens is 1. The number of aromatic amines is 1. The number of rotatable bonds is 8. The molecular formula is C21H22N4O4. The van der Waals surface area contributed by atoms with Gasteiger partial charge in [-0.05, 0) is 36.6 Å². The highest BCUT2D eigenvalue weighted by atomic mass is 16.3. The van der Waals surface area contributed by atoms with Gasteiger partial charge in [-0.3, -0.25) is 14.5 Å². The van der Waals surface area contributed by atoms with E-state index in [2.05, 4.69) is 15.6 Å². The van der Waals surface area contributed by atoms with Gasteiger partial charge < -0.3 is 20.0 Å². The summed E-state index contributed by atoms with van der Waals surface area (Å²) in [6, 6.07) is 10.3. The van der Waals surface area contributed by atoms with Crippen molar-refractivity contribution in [1.29, 1.82) is 0 Å². The van der Waals surface area contributed by atoms with E-state index in [0.29, 0.717) is 18.7 Å². The molecule has 0 aliphatic carbocycles. The average Bonchev–Trinajstić information content (AvgIpc) is 3.44. The summed E-state index contributed by atoms with van der Waals surface area (Å²) in [5.74, 6) is 0.0542. The minimum absolute atomic E-state index is 0.0883. The van der Waals surface area contributed by atoms with Crippen LogP contribution in [-0.4, -0.2) is 40.3 Å². The Morgan fingerprint density at radius 1 is 1.17 bits per heavy atom. The number of hydrogen-bond acceptors (Lipinski definition) is 4. The summed E-state index contributed by atoms with van der Waals surface area (Å²) in [5.41, 5.74) is 2.22. The molecule has 4 amide bonds. The molecule has 3 heterocycles. The summed E-state index contributed by atoms with van der Waals surface area (Å²) in [4.78, 5) is 40.9. The Kier molecular flexibility index (Phi) is 5.33. The molecule has 4 rings (SSSR count). The molecule has 1 atom stereocenters. The zero-order chi connectivity index (χ0) is 20.2. The van der Waals surface area contributed by atoms with Gasteiger partial charge in [0.25, 0.3) is 5.91 Å². The van der Waals surface area contributed by atoms with Gasteiger partial charge in [0.05, 0.1) is 12.8 Å². The highest BCUT2D eigenvalue weighted by Crippen LogP contribution is 2.18. The topological polar surface area (TPSA) is 107 Å². The van der Waals surface area contributed by atoms with Crippen molar-refractivity contribution in [2.24, 2.45) is 0 Å². The van der Waals surface area contributed by atoms with Crippen LogP contribution in [0.15, 0.2) is 53.3 Å². The lowest BCUT2D eigenvalue weighted by atomic mass is 10.1. The Bertz CT molecular complexity index is 1020. The minimum atomic E-state index is -0.683. The first-order valence-corrected chi connectivity index (χ1v) is 9.58. The van der Waals surface area contributed by atoms with Crippen LogP contribution < -0.4 is 10.6 Å². The molecule has 1 aromatic carbocycles. The molecule has 0 radical (unpaired) electrons. The Morgan fingerprint density at radius 2 is 2.03 bits per heavy atom. The molecule has 150 valence electrons. The number of nitrogens with one attached hydrogen (secondary N) is 3. The van der Waals surface area contributed by atoms with Crippen LogP contribution in [0.4, 0.5) is 4.79 Å². The first-order valence-electron chi connectivity index (χ1n) is 9.58. The molecule has 1 saturated heterocycles. The molecule has 0 bridgehead atoms. The van der Waals surface area contributed by atoms with E-state index in [0.717, 1.165) is 21.4 Å². The van der Waals surface area contributed by atoms with Crippen LogP contribution in [-0.2, 0) is 22.6 Å². The van der Waals surface area contributed by atoms with Gasteiger partial charge >= 0.3 is 6.03 Å². The van der Waals surface area contributed by atoms with Gasteiger partial charge in [0, 0.05) is 30.1 Å². The molecule has 0 unspecified atom stereocenters. The van der Waals surface area contributed by atoms with E-state index in [4.69, 9.17) is 4.42 Å². The van der Waals surface area contributed by atoms with Crippen LogP contribution >= 0.6 is 0 Å². The summed E-state index contributed by atoms with van der Waals surface area (Å²) in [5, 5.41) is 6.66. The van der Waals surface area contributed by atoms with Crippen LogP contribution in [0.3, 0.4) is 0 Å². The van der Waals surface area contributed by atoms with Gasteiger partial charge in [-0.1, -0.05) is 18.2 Å². The number of para-hydroxylation sites is 1. The van der Waals surface area contributed by atoms with Crippen molar-refractivity contribution >= 4 is 28.7 Å². The number of fused-ring (bicyclic) bond motifs is 1. The SMILES string of the molecule is O=C(CC[C@@H]1NC(=O)N(Cc2ccco2)C1=O)NCCc1c[nH]c2ccccc12. The summed E-state index contributed by atoms with van der Waals surface area (Å²) in [6.45, 7) is 0.598. The quantitative estimate of drug-likeness (QED) is 0.510. The normalized spacial score (nSPS) is 16.4. The number of H-pyrrole nitrogens is 1. The molecule has 0 saturated carbocycles. The van der Waals surface area contributed by atoms with Gasteiger partial charge in [-0.25, -0.2) is 4.79 Å². The lowest BCUT2D eigenvalue weighted by Gasteiger charge is -2.11. The van der Waals surface area contributed by atoms with Crippen LogP contribution in [0.1, 0.15) is 24.2 Å². The van der Waals surface area contributed by atoms with Gasteiger partial charge in [-0.2, -0.15) is 0 Å². The number of amides is 4. The fraction of sp³-hybridized carbons (Fsp3) is 0.286. The standard InChI is InChI=1S/C21H22N4O4/c26-19(22-10-9-14-12-23-17-6-2-1-5-16(14)17)8-7-18-20(27)25(21(28)24-18)13-15-4-3-11-29-15/h1-6,11-12,18,23H,7-10,13H2,(H,22,26)(H,24,28)/t18-/m0/s1. The molecule has 3 aromatic rings. The number of benzene rings is 1. The fourth-order valence-electron chi connectivity index (χ4n) is 3.52. The molecule has 1 fully saturated rings. The highest BCUT2D eigenvalue weighted by molar-refractivity contribution is 6.04. The molecule has 8 nitrogen and oxygen atoms in total. The number of hydrogen-bond donors (Lipinski definition) is 3.